The molecular weight excluding hydrogens is 212 g/mol. The van der Waals surface area contributed by atoms with E-state index in [-0.39, 0.29) is 5.56 Å². The summed E-state index contributed by atoms with van der Waals surface area (Å²) in [6, 6.07) is 1.45. The van der Waals surface area contributed by atoms with Crippen LogP contribution in [-0.4, -0.2) is 6.08 Å². The molecule has 0 amide bonds. The average molecular weight is 223 g/mol. The highest BCUT2D eigenvalue weighted by atomic mass is 19.1. The van der Waals surface area contributed by atoms with Crippen LogP contribution in [0.3, 0.4) is 0 Å². The first-order chi connectivity index (χ1) is 7.52. The number of halogens is 2. The fourth-order valence-electron chi connectivity index (χ4n) is 1.97. The van der Waals surface area contributed by atoms with E-state index >= 15 is 0 Å². The summed E-state index contributed by atoms with van der Waals surface area (Å²) >= 11 is 0. The number of rotatable bonds is 2. The second-order valence-corrected chi connectivity index (χ2v) is 4.25. The normalized spacial score (nSPS) is 16.8. The Hall–Kier alpha value is -1.54. The molecule has 1 aromatic carbocycles. The number of benzene rings is 1. The van der Waals surface area contributed by atoms with Crippen molar-refractivity contribution in [1.82, 2.24) is 0 Å². The van der Waals surface area contributed by atoms with Crippen LogP contribution >= 0.6 is 0 Å². The third-order valence-electron chi connectivity index (χ3n) is 3.01. The Bertz CT molecular complexity index is 474. The minimum absolute atomic E-state index is 0.0756. The van der Waals surface area contributed by atoms with Gasteiger partial charge in [0.15, 0.2) is 0 Å². The number of carbonyl (C=O) groups excluding carboxylic acids is 1. The average Bonchev–Trinajstić information content (AvgIpc) is 2.97. The predicted octanol–water partition coefficient (Wildman–Crippen LogP) is 2.91. The Morgan fingerprint density at radius 1 is 1.25 bits per heavy atom. The maximum Gasteiger partial charge on any atom is 0.235 e. The van der Waals surface area contributed by atoms with Crippen LogP contribution < -0.4 is 0 Å². The van der Waals surface area contributed by atoms with E-state index in [4.69, 9.17) is 0 Å². The highest BCUT2D eigenvalue weighted by Crippen LogP contribution is 2.51. The molecule has 0 unspecified atom stereocenters. The molecule has 0 aliphatic heterocycles. The monoisotopic (exact) mass is 223 g/mol. The lowest BCUT2D eigenvalue weighted by molar-refractivity contribution is 0.506. The number of aryl methyl sites for hydroxylation is 2. The van der Waals surface area contributed by atoms with E-state index in [9.17, 15) is 13.6 Å². The van der Waals surface area contributed by atoms with Gasteiger partial charge < -0.3 is 0 Å². The molecular formula is C12H11F2NO. The summed E-state index contributed by atoms with van der Waals surface area (Å²) in [7, 11) is 0. The molecule has 0 bridgehead atoms. The molecule has 2 rings (SSSR count). The molecule has 84 valence electrons. The second-order valence-electron chi connectivity index (χ2n) is 4.25. The maximum absolute atomic E-state index is 13.9. The summed E-state index contributed by atoms with van der Waals surface area (Å²) in [5.41, 5.74) is -0.317. The third kappa shape index (κ3) is 1.46. The van der Waals surface area contributed by atoms with Gasteiger partial charge in [0.2, 0.25) is 6.08 Å². The highest BCUT2D eigenvalue weighted by Gasteiger charge is 2.49. The molecule has 1 aromatic rings. The quantitative estimate of drug-likeness (QED) is 0.560. The maximum atomic E-state index is 13.9. The van der Waals surface area contributed by atoms with E-state index in [1.165, 1.54) is 12.1 Å². The minimum Gasteiger partial charge on any atom is -0.211 e. The molecule has 0 heterocycles. The van der Waals surface area contributed by atoms with Gasteiger partial charge in [0, 0.05) is 0 Å². The lowest BCUT2D eigenvalue weighted by atomic mass is 9.98. The predicted molar refractivity (Wildman–Crippen MR) is 54.9 cm³/mol. The van der Waals surface area contributed by atoms with Gasteiger partial charge in [0.25, 0.3) is 0 Å². The summed E-state index contributed by atoms with van der Waals surface area (Å²) < 4.78 is 27.7. The van der Waals surface area contributed by atoms with Crippen LogP contribution in [0.1, 0.15) is 29.5 Å². The SMILES string of the molecule is Cc1cc(C)c(F)c(C2(N=C=O)CC2)c1F. The number of aliphatic imine (C=N–C) groups is 1. The summed E-state index contributed by atoms with van der Waals surface area (Å²) in [5, 5.41) is 0. The van der Waals surface area contributed by atoms with Gasteiger partial charge >= 0.3 is 0 Å². The third-order valence-corrected chi connectivity index (χ3v) is 3.01. The lowest BCUT2D eigenvalue weighted by Gasteiger charge is -2.14. The molecule has 4 heteroatoms. The first-order valence-corrected chi connectivity index (χ1v) is 5.06. The van der Waals surface area contributed by atoms with Crippen molar-refractivity contribution in [2.75, 3.05) is 0 Å². The van der Waals surface area contributed by atoms with Crippen LogP contribution in [0.4, 0.5) is 8.78 Å². The molecule has 2 nitrogen and oxygen atoms in total. The highest BCUT2D eigenvalue weighted by molar-refractivity contribution is 5.45. The van der Waals surface area contributed by atoms with Crippen molar-refractivity contribution in [3.63, 3.8) is 0 Å². The Morgan fingerprint density at radius 3 is 2.12 bits per heavy atom. The van der Waals surface area contributed by atoms with Gasteiger partial charge in [-0.05, 0) is 37.8 Å². The van der Waals surface area contributed by atoms with Crippen molar-refractivity contribution in [3.05, 3.63) is 34.4 Å². The van der Waals surface area contributed by atoms with Crippen LogP contribution in [0, 0.1) is 25.5 Å². The standard InChI is InChI=1S/C12H11F2NO/c1-7-5-8(2)11(14)9(10(7)13)12(3-4-12)15-6-16/h5H,3-4H2,1-2H3. The van der Waals surface area contributed by atoms with E-state index in [0.29, 0.717) is 24.0 Å². The van der Waals surface area contributed by atoms with Gasteiger partial charge in [0.05, 0.1) is 5.56 Å². The van der Waals surface area contributed by atoms with E-state index in [1.807, 2.05) is 0 Å². The molecule has 0 radical (unpaired) electrons. The lowest BCUT2D eigenvalue weighted by Crippen LogP contribution is -2.11. The minimum atomic E-state index is -0.993. The smallest absolute Gasteiger partial charge is 0.211 e. The van der Waals surface area contributed by atoms with Crippen molar-refractivity contribution >= 4 is 6.08 Å². The molecule has 0 spiro atoms. The second kappa shape index (κ2) is 3.49. The summed E-state index contributed by atoms with van der Waals surface area (Å²) in [6.07, 6.45) is 2.40. The zero-order chi connectivity index (χ0) is 11.9. The Kier molecular flexibility index (Phi) is 2.39. The van der Waals surface area contributed by atoms with Crippen LogP contribution in [0.2, 0.25) is 0 Å². The van der Waals surface area contributed by atoms with Gasteiger partial charge in [-0.15, -0.1) is 0 Å². The fraction of sp³-hybridized carbons (Fsp3) is 0.417. The molecule has 16 heavy (non-hydrogen) atoms. The van der Waals surface area contributed by atoms with E-state index < -0.39 is 17.2 Å². The largest absolute Gasteiger partial charge is 0.235 e. The van der Waals surface area contributed by atoms with Gasteiger partial charge in [-0.2, -0.15) is 4.99 Å². The molecule has 0 N–H and O–H groups in total. The Balaban J connectivity index is 2.69. The molecule has 0 atom stereocenters. The number of isocyanates is 1. The van der Waals surface area contributed by atoms with Crippen molar-refractivity contribution in [3.8, 4) is 0 Å². The number of hydrogen-bond acceptors (Lipinski definition) is 2. The molecule has 1 saturated carbocycles. The van der Waals surface area contributed by atoms with Gasteiger partial charge in [-0.1, -0.05) is 6.07 Å². The summed E-state index contributed by atoms with van der Waals surface area (Å²) in [4.78, 5) is 13.8. The fourth-order valence-corrected chi connectivity index (χ4v) is 1.97. The van der Waals surface area contributed by atoms with Crippen molar-refractivity contribution in [2.24, 2.45) is 4.99 Å². The number of hydrogen-bond donors (Lipinski definition) is 0. The van der Waals surface area contributed by atoms with Crippen molar-refractivity contribution in [1.29, 1.82) is 0 Å². The molecule has 1 aliphatic carbocycles. The zero-order valence-electron chi connectivity index (χ0n) is 9.10. The first kappa shape index (κ1) is 11.0. The first-order valence-electron chi connectivity index (χ1n) is 5.06. The molecule has 1 aliphatic rings. The van der Waals surface area contributed by atoms with E-state index in [2.05, 4.69) is 4.99 Å². The van der Waals surface area contributed by atoms with Crippen LogP contribution in [0.25, 0.3) is 0 Å². The Labute approximate surface area is 92.0 Å². The molecule has 0 saturated heterocycles. The number of nitrogens with zero attached hydrogens (tertiary/aromatic N) is 1. The van der Waals surface area contributed by atoms with Gasteiger partial charge in [-0.25, -0.2) is 13.6 Å². The van der Waals surface area contributed by atoms with Gasteiger partial charge in [-0.3, -0.25) is 0 Å². The van der Waals surface area contributed by atoms with Crippen molar-refractivity contribution in [2.45, 2.75) is 32.2 Å². The van der Waals surface area contributed by atoms with E-state index in [1.54, 1.807) is 13.8 Å². The topological polar surface area (TPSA) is 29.4 Å². The van der Waals surface area contributed by atoms with Crippen LogP contribution in [0.5, 0.6) is 0 Å². The van der Waals surface area contributed by atoms with Gasteiger partial charge in [0.1, 0.15) is 17.2 Å². The molecule has 0 aromatic heterocycles. The van der Waals surface area contributed by atoms with Crippen molar-refractivity contribution < 1.29 is 13.6 Å². The van der Waals surface area contributed by atoms with Crippen LogP contribution in [-0.2, 0) is 10.3 Å². The molecule has 1 fully saturated rings. The zero-order valence-corrected chi connectivity index (χ0v) is 9.10. The van der Waals surface area contributed by atoms with E-state index in [0.717, 1.165) is 0 Å². The Morgan fingerprint density at radius 2 is 1.75 bits per heavy atom. The summed E-state index contributed by atoms with van der Waals surface area (Å²) in [6.45, 7) is 3.15. The summed E-state index contributed by atoms with van der Waals surface area (Å²) in [5.74, 6) is -1.20. The van der Waals surface area contributed by atoms with Crippen LogP contribution in [0.15, 0.2) is 11.1 Å².